The van der Waals surface area contributed by atoms with E-state index in [1.165, 1.54) is 22.1 Å². The first kappa shape index (κ1) is 11.6. The topological polar surface area (TPSA) is 46.9 Å². The molecule has 0 bridgehead atoms. The van der Waals surface area contributed by atoms with Crippen molar-refractivity contribution in [1.82, 2.24) is 10.1 Å². The molecular weight excluding hydrogens is 204 g/mol. The van der Waals surface area contributed by atoms with E-state index in [0.29, 0.717) is 6.54 Å². The highest BCUT2D eigenvalue weighted by atomic mass is 16.5. The fourth-order valence-corrected chi connectivity index (χ4v) is 2.29. The van der Waals surface area contributed by atoms with Gasteiger partial charge in [0.1, 0.15) is 0 Å². The molecule has 2 rings (SSSR count). The Bertz CT molecular complexity index is 281. The van der Waals surface area contributed by atoms with Crippen molar-refractivity contribution >= 4 is 0 Å². The van der Waals surface area contributed by atoms with E-state index in [9.17, 15) is 5.21 Å². The fourth-order valence-electron chi connectivity index (χ4n) is 2.29. The van der Waals surface area contributed by atoms with Crippen molar-refractivity contribution in [2.75, 3.05) is 19.6 Å². The molecule has 2 heterocycles. The highest BCUT2D eigenvalue weighted by molar-refractivity contribution is 5.21. The highest BCUT2D eigenvalue weighted by Crippen LogP contribution is 2.24. The van der Waals surface area contributed by atoms with Crippen molar-refractivity contribution in [3.63, 3.8) is 0 Å². The maximum Gasteiger partial charge on any atom is 0.0633 e. The predicted octanol–water partition coefficient (Wildman–Crippen LogP) is 2.01. The first-order valence-electron chi connectivity index (χ1n) is 6.00. The van der Waals surface area contributed by atoms with Gasteiger partial charge in [0, 0.05) is 19.3 Å². The second kappa shape index (κ2) is 5.48. The van der Waals surface area contributed by atoms with Crippen LogP contribution in [0.4, 0.5) is 0 Å². The number of allylic oxidation sites excluding steroid dienone is 2. The molecule has 4 heteroatoms. The van der Waals surface area contributed by atoms with Crippen LogP contribution in [-0.4, -0.2) is 40.2 Å². The standard InChI is InChI=1S/C12H20N2O2/c15-13-7-3-11(4-8-13)1-2-12-5-9-14(16)10-6-12/h3-4,7,12,15-16H,1-2,5-6,8-10H2. The third-order valence-corrected chi connectivity index (χ3v) is 3.43. The van der Waals surface area contributed by atoms with E-state index >= 15 is 0 Å². The number of hydroxylamine groups is 4. The molecule has 2 aliphatic rings. The Morgan fingerprint density at radius 1 is 1.25 bits per heavy atom. The summed E-state index contributed by atoms with van der Waals surface area (Å²) >= 11 is 0. The Balaban J connectivity index is 1.70. The minimum Gasteiger partial charge on any atom is -0.314 e. The van der Waals surface area contributed by atoms with Crippen LogP contribution in [0.1, 0.15) is 25.7 Å². The molecule has 0 aliphatic carbocycles. The summed E-state index contributed by atoms with van der Waals surface area (Å²) in [6.07, 6.45) is 10.2. The molecule has 0 aromatic carbocycles. The van der Waals surface area contributed by atoms with Crippen LogP contribution in [0.2, 0.25) is 0 Å². The summed E-state index contributed by atoms with van der Waals surface area (Å²) in [5, 5.41) is 21.0. The van der Waals surface area contributed by atoms with E-state index in [2.05, 4.69) is 6.08 Å². The molecular formula is C12H20N2O2. The summed E-state index contributed by atoms with van der Waals surface area (Å²) in [5.41, 5.74) is 1.32. The van der Waals surface area contributed by atoms with Gasteiger partial charge in [-0.1, -0.05) is 6.08 Å². The average Bonchev–Trinajstić information content (AvgIpc) is 2.30. The Morgan fingerprint density at radius 2 is 2.00 bits per heavy atom. The summed E-state index contributed by atoms with van der Waals surface area (Å²) in [6, 6.07) is 0. The van der Waals surface area contributed by atoms with Crippen LogP contribution in [0, 0.1) is 5.92 Å². The van der Waals surface area contributed by atoms with Gasteiger partial charge in [-0.15, -0.1) is 0 Å². The third kappa shape index (κ3) is 3.33. The van der Waals surface area contributed by atoms with Crippen LogP contribution in [0.25, 0.3) is 0 Å². The molecule has 4 nitrogen and oxygen atoms in total. The molecule has 0 saturated carbocycles. The Morgan fingerprint density at radius 3 is 2.62 bits per heavy atom. The van der Waals surface area contributed by atoms with Crippen molar-refractivity contribution in [3.8, 4) is 0 Å². The smallest absolute Gasteiger partial charge is 0.0633 e. The zero-order valence-electron chi connectivity index (χ0n) is 9.55. The minimum absolute atomic E-state index is 0.598. The zero-order chi connectivity index (χ0) is 11.4. The normalized spacial score (nSPS) is 23.6. The van der Waals surface area contributed by atoms with Gasteiger partial charge >= 0.3 is 0 Å². The molecule has 0 atom stereocenters. The van der Waals surface area contributed by atoms with Crippen LogP contribution in [0.5, 0.6) is 0 Å². The lowest BCUT2D eigenvalue weighted by Crippen LogP contribution is -2.30. The lowest BCUT2D eigenvalue weighted by atomic mass is 9.91. The monoisotopic (exact) mass is 224 g/mol. The Hall–Kier alpha value is -0.840. The first-order chi connectivity index (χ1) is 7.74. The van der Waals surface area contributed by atoms with E-state index in [-0.39, 0.29) is 0 Å². The summed E-state index contributed by atoms with van der Waals surface area (Å²) in [5.74, 6) is 0.741. The molecule has 0 spiro atoms. The molecule has 0 amide bonds. The molecule has 16 heavy (non-hydrogen) atoms. The van der Waals surface area contributed by atoms with Gasteiger partial charge < -0.3 is 5.21 Å². The van der Waals surface area contributed by atoms with Gasteiger partial charge in [0.15, 0.2) is 0 Å². The van der Waals surface area contributed by atoms with E-state index in [4.69, 9.17) is 5.21 Å². The van der Waals surface area contributed by atoms with Gasteiger partial charge in [0.2, 0.25) is 0 Å². The van der Waals surface area contributed by atoms with Gasteiger partial charge in [-0.3, -0.25) is 10.3 Å². The fraction of sp³-hybridized carbons (Fsp3) is 0.667. The van der Waals surface area contributed by atoms with Crippen LogP contribution in [-0.2, 0) is 0 Å². The number of hydrogen-bond donors (Lipinski definition) is 2. The predicted molar refractivity (Wildman–Crippen MR) is 61.0 cm³/mol. The largest absolute Gasteiger partial charge is 0.314 e. The van der Waals surface area contributed by atoms with Crippen LogP contribution < -0.4 is 0 Å². The van der Waals surface area contributed by atoms with Gasteiger partial charge in [-0.05, 0) is 43.3 Å². The molecule has 0 unspecified atom stereocenters. The lowest BCUT2D eigenvalue weighted by Gasteiger charge is -2.27. The van der Waals surface area contributed by atoms with Crippen LogP contribution in [0.3, 0.4) is 0 Å². The maximum atomic E-state index is 9.25. The van der Waals surface area contributed by atoms with E-state index < -0.39 is 0 Å². The number of hydrogen-bond acceptors (Lipinski definition) is 4. The average molecular weight is 224 g/mol. The molecule has 0 aromatic heterocycles. The highest BCUT2D eigenvalue weighted by Gasteiger charge is 2.17. The summed E-state index contributed by atoms with van der Waals surface area (Å²) < 4.78 is 0. The van der Waals surface area contributed by atoms with Gasteiger partial charge in [0.05, 0.1) is 6.54 Å². The van der Waals surface area contributed by atoms with Gasteiger partial charge in [-0.25, -0.2) is 0 Å². The summed E-state index contributed by atoms with van der Waals surface area (Å²) in [7, 11) is 0. The maximum absolute atomic E-state index is 9.25. The number of nitrogens with zero attached hydrogens (tertiary/aromatic N) is 2. The van der Waals surface area contributed by atoms with Crippen molar-refractivity contribution in [2.45, 2.75) is 25.7 Å². The van der Waals surface area contributed by atoms with Gasteiger partial charge in [0.25, 0.3) is 0 Å². The second-order valence-electron chi connectivity index (χ2n) is 4.65. The minimum atomic E-state index is 0.598. The second-order valence-corrected chi connectivity index (χ2v) is 4.65. The van der Waals surface area contributed by atoms with E-state index in [0.717, 1.165) is 38.3 Å². The van der Waals surface area contributed by atoms with Gasteiger partial charge in [-0.2, -0.15) is 5.06 Å². The molecule has 2 aliphatic heterocycles. The van der Waals surface area contributed by atoms with Crippen molar-refractivity contribution < 1.29 is 10.4 Å². The molecule has 2 N–H and O–H groups in total. The molecule has 1 saturated heterocycles. The van der Waals surface area contributed by atoms with Crippen molar-refractivity contribution in [2.24, 2.45) is 5.92 Å². The van der Waals surface area contributed by atoms with E-state index in [1.807, 2.05) is 6.08 Å². The molecule has 90 valence electrons. The first-order valence-corrected chi connectivity index (χ1v) is 6.00. The third-order valence-electron chi connectivity index (χ3n) is 3.43. The molecule has 0 aromatic rings. The summed E-state index contributed by atoms with van der Waals surface area (Å²) in [6.45, 7) is 2.22. The van der Waals surface area contributed by atoms with Crippen molar-refractivity contribution in [3.05, 3.63) is 23.9 Å². The number of rotatable bonds is 3. The lowest BCUT2D eigenvalue weighted by molar-refractivity contribution is -0.112. The molecule has 1 fully saturated rings. The molecule has 0 radical (unpaired) electrons. The van der Waals surface area contributed by atoms with E-state index in [1.54, 1.807) is 6.20 Å². The Labute approximate surface area is 96.4 Å². The zero-order valence-corrected chi connectivity index (χ0v) is 9.55. The van der Waals surface area contributed by atoms with Crippen LogP contribution in [0.15, 0.2) is 23.9 Å². The SMILES string of the molecule is ON1C=CC(CCC2CCN(O)CC2)=CC1. The number of piperidine rings is 1. The van der Waals surface area contributed by atoms with Crippen molar-refractivity contribution in [1.29, 1.82) is 0 Å². The van der Waals surface area contributed by atoms with Crippen LogP contribution >= 0.6 is 0 Å². The quantitative estimate of drug-likeness (QED) is 0.770. The summed E-state index contributed by atoms with van der Waals surface area (Å²) in [4.78, 5) is 0. The Kier molecular flexibility index (Phi) is 3.98.